The van der Waals surface area contributed by atoms with Gasteiger partial charge >= 0.3 is 6.18 Å². The number of aromatic nitrogens is 2. The molecule has 0 aliphatic carbocycles. The summed E-state index contributed by atoms with van der Waals surface area (Å²) in [6.07, 6.45) is -3.76. The van der Waals surface area contributed by atoms with E-state index in [9.17, 15) is 18.3 Å². The number of imidazole rings is 1. The van der Waals surface area contributed by atoms with Crippen LogP contribution < -0.4 is 0 Å². The molecular weight excluding hydrogens is 221 g/mol. The molecule has 1 atom stereocenters. The maximum absolute atomic E-state index is 12.0. The number of aliphatic hydroxyl groups excluding tert-OH is 1. The van der Waals surface area contributed by atoms with Gasteiger partial charge in [0.05, 0.1) is 24.3 Å². The number of alkyl halides is 3. The Morgan fingerprint density at radius 1 is 1.44 bits per heavy atom. The fourth-order valence-electron chi connectivity index (χ4n) is 1.45. The lowest BCUT2D eigenvalue weighted by Crippen LogP contribution is -2.13. The molecule has 1 aromatic rings. The van der Waals surface area contributed by atoms with Crippen LogP contribution in [-0.4, -0.2) is 20.8 Å². The van der Waals surface area contributed by atoms with Gasteiger partial charge in [-0.25, -0.2) is 4.98 Å². The molecular formula is C10H15F3N2O. The Balaban J connectivity index is 2.66. The summed E-state index contributed by atoms with van der Waals surface area (Å²) in [5, 5.41) is 9.64. The molecule has 1 aromatic heterocycles. The van der Waals surface area contributed by atoms with Gasteiger partial charge < -0.3 is 9.67 Å². The van der Waals surface area contributed by atoms with Crippen LogP contribution in [0.3, 0.4) is 0 Å². The second-order valence-electron chi connectivity index (χ2n) is 3.99. The quantitative estimate of drug-likeness (QED) is 0.872. The summed E-state index contributed by atoms with van der Waals surface area (Å²) >= 11 is 0. The minimum Gasteiger partial charge on any atom is -0.387 e. The first kappa shape index (κ1) is 13.0. The van der Waals surface area contributed by atoms with Crippen LogP contribution in [0.15, 0.2) is 12.5 Å². The van der Waals surface area contributed by atoms with Crippen molar-refractivity contribution in [3.05, 3.63) is 18.2 Å². The van der Waals surface area contributed by atoms with E-state index in [1.165, 1.54) is 12.5 Å². The summed E-state index contributed by atoms with van der Waals surface area (Å²) in [7, 11) is 0. The minimum absolute atomic E-state index is 0.0676. The molecule has 0 aliphatic rings. The van der Waals surface area contributed by atoms with Gasteiger partial charge in [0.25, 0.3) is 0 Å². The second kappa shape index (κ2) is 4.86. The summed E-state index contributed by atoms with van der Waals surface area (Å²) in [6, 6.07) is 0.0676. The number of nitrogens with zero attached hydrogens (tertiary/aromatic N) is 2. The molecule has 1 heterocycles. The highest BCUT2D eigenvalue weighted by Crippen LogP contribution is 2.28. The molecule has 1 N–H and O–H groups in total. The molecule has 0 bridgehead atoms. The van der Waals surface area contributed by atoms with Crippen molar-refractivity contribution in [3.63, 3.8) is 0 Å². The first-order valence-electron chi connectivity index (χ1n) is 5.08. The molecule has 0 saturated carbocycles. The van der Waals surface area contributed by atoms with Crippen molar-refractivity contribution in [1.82, 2.24) is 9.55 Å². The van der Waals surface area contributed by atoms with E-state index < -0.39 is 18.7 Å². The Morgan fingerprint density at radius 2 is 2.06 bits per heavy atom. The summed E-state index contributed by atoms with van der Waals surface area (Å²) in [4.78, 5) is 3.83. The Bertz CT molecular complexity index is 333. The first-order chi connectivity index (χ1) is 7.31. The number of halogens is 3. The summed E-state index contributed by atoms with van der Waals surface area (Å²) in [5.74, 6) is 0. The predicted molar refractivity (Wildman–Crippen MR) is 52.9 cm³/mol. The van der Waals surface area contributed by atoms with Crippen molar-refractivity contribution in [2.75, 3.05) is 0 Å². The van der Waals surface area contributed by atoms with Crippen LogP contribution in [0.2, 0.25) is 0 Å². The van der Waals surface area contributed by atoms with E-state index >= 15 is 0 Å². The molecule has 1 unspecified atom stereocenters. The smallest absolute Gasteiger partial charge is 0.387 e. The summed E-state index contributed by atoms with van der Waals surface area (Å²) < 4.78 is 37.6. The topological polar surface area (TPSA) is 38.0 Å². The molecule has 92 valence electrons. The van der Waals surface area contributed by atoms with Crippen molar-refractivity contribution in [2.24, 2.45) is 0 Å². The third-order valence-corrected chi connectivity index (χ3v) is 2.30. The zero-order valence-electron chi connectivity index (χ0n) is 9.20. The molecule has 1 rings (SSSR count). The Labute approximate surface area is 91.9 Å². The van der Waals surface area contributed by atoms with E-state index in [2.05, 4.69) is 4.98 Å². The largest absolute Gasteiger partial charge is 0.389 e. The zero-order valence-corrected chi connectivity index (χ0v) is 9.20. The van der Waals surface area contributed by atoms with Gasteiger partial charge in [0.1, 0.15) is 0 Å². The number of aliphatic hydroxyl groups is 1. The van der Waals surface area contributed by atoms with Crippen LogP contribution in [0, 0.1) is 0 Å². The molecule has 0 radical (unpaired) electrons. The number of hydrogen-bond donors (Lipinski definition) is 1. The molecule has 0 fully saturated rings. The third-order valence-electron chi connectivity index (χ3n) is 2.30. The number of hydrogen-bond acceptors (Lipinski definition) is 2. The summed E-state index contributed by atoms with van der Waals surface area (Å²) in [6.45, 7) is 3.75. The standard InChI is InChI=1S/C10H15F3N2O/c1-7(2)15-6-14-5-8(15)9(16)3-4-10(11,12)13/h5-7,9,16H,3-4H2,1-2H3. The molecule has 16 heavy (non-hydrogen) atoms. The fraction of sp³-hybridized carbons (Fsp3) is 0.700. The number of rotatable bonds is 4. The minimum atomic E-state index is -4.23. The van der Waals surface area contributed by atoms with Crippen molar-refractivity contribution < 1.29 is 18.3 Å². The maximum atomic E-state index is 12.0. The fourth-order valence-corrected chi connectivity index (χ4v) is 1.45. The molecule has 0 aromatic carbocycles. The average molecular weight is 236 g/mol. The Kier molecular flexibility index (Phi) is 3.96. The van der Waals surface area contributed by atoms with E-state index in [1.54, 1.807) is 4.57 Å². The van der Waals surface area contributed by atoms with Crippen molar-refractivity contribution in [3.8, 4) is 0 Å². The van der Waals surface area contributed by atoms with Crippen molar-refractivity contribution in [1.29, 1.82) is 0 Å². The lowest BCUT2D eigenvalue weighted by molar-refractivity contribution is -0.140. The van der Waals surface area contributed by atoms with Crippen LogP contribution in [0.5, 0.6) is 0 Å². The van der Waals surface area contributed by atoms with Gasteiger partial charge in [-0.05, 0) is 20.3 Å². The molecule has 6 heteroatoms. The highest BCUT2D eigenvalue weighted by molar-refractivity contribution is 5.03. The molecule has 0 aliphatic heterocycles. The van der Waals surface area contributed by atoms with Crippen LogP contribution in [-0.2, 0) is 0 Å². The maximum Gasteiger partial charge on any atom is 0.389 e. The van der Waals surface area contributed by atoms with E-state index in [1.807, 2.05) is 13.8 Å². The van der Waals surface area contributed by atoms with E-state index in [4.69, 9.17) is 0 Å². The van der Waals surface area contributed by atoms with Crippen LogP contribution in [0.25, 0.3) is 0 Å². The zero-order chi connectivity index (χ0) is 12.3. The first-order valence-corrected chi connectivity index (χ1v) is 5.08. The normalized spacial score (nSPS) is 14.4. The van der Waals surface area contributed by atoms with E-state index in [-0.39, 0.29) is 12.5 Å². The van der Waals surface area contributed by atoms with Gasteiger partial charge in [-0.3, -0.25) is 0 Å². The van der Waals surface area contributed by atoms with Crippen molar-refractivity contribution in [2.45, 2.75) is 45.0 Å². The molecule has 3 nitrogen and oxygen atoms in total. The highest BCUT2D eigenvalue weighted by atomic mass is 19.4. The van der Waals surface area contributed by atoms with E-state index in [0.717, 1.165) is 0 Å². The van der Waals surface area contributed by atoms with Gasteiger partial charge in [-0.1, -0.05) is 0 Å². The lowest BCUT2D eigenvalue weighted by atomic mass is 10.1. The van der Waals surface area contributed by atoms with Crippen LogP contribution in [0.4, 0.5) is 13.2 Å². The predicted octanol–water partition coefficient (Wildman–Crippen LogP) is 2.84. The van der Waals surface area contributed by atoms with Gasteiger partial charge in [0.15, 0.2) is 0 Å². The molecule has 0 amide bonds. The third kappa shape index (κ3) is 3.52. The van der Waals surface area contributed by atoms with Gasteiger partial charge in [-0.2, -0.15) is 13.2 Å². The SMILES string of the molecule is CC(C)n1cncc1C(O)CCC(F)(F)F. The summed E-state index contributed by atoms with van der Waals surface area (Å²) in [5.41, 5.74) is 0.430. The van der Waals surface area contributed by atoms with E-state index in [0.29, 0.717) is 5.69 Å². The average Bonchev–Trinajstić information content (AvgIpc) is 2.61. The Hall–Kier alpha value is -1.04. The Morgan fingerprint density at radius 3 is 2.56 bits per heavy atom. The van der Waals surface area contributed by atoms with Crippen LogP contribution in [0.1, 0.15) is 44.5 Å². The van der Waals surface area contributed by atoms with Gasteiger partial charge in [0, 0.05) is 12.5 Å². The lowest BCUT2D eigenvalue weighted by Gasteiger charge is -2.17. The molecule has 0 spiro atoms. The van der Waals surface area contributed by atoms with Gasteiger partial charge in [0.2, 0.25) is 0 Å². The van der Waals surface area contributed by atoms with Crippen molar-refractivity contribution >= 4 is 0 Å². The molecule has 0 saturated heterocycles. The van der Waals surface area contributed by atoms with Crippen LogP contribution >= 0.6 is 0 Å². The second-order valence-corrected chi connectivity index (χ2v) is 3.99. The van der Waals surface area contributed by atoms with Gasteiger partial charge in [-0.15, -0.1) is 0 Å². The highest BCUT2D eigenvalue weighted by Gasteiger charge is 2.29. The monoisotopic (exact) mass is 236 g/mol.